The molecule has 8 nitrogen and oxygen atoms in total. The number of hydrogen-bond acceptors (Lipinski definition) is 6. The third kappa shape index (κ3) is 5.15. The standard InChI is InChI=1S/C19H16O8/c20-16(21)12-6-1-3-8-14(12)18(24)26-10-5-11-27-19(25)15-9-4-2-7-13(15)17(22)23/h1-4,6-9H,5,10-11H2,(H,20,21)(H,22,23). The third-order valence-electron chi connectivity index (χ3n) is 3.51. The second-order valence-electron chi connectivity index (χ2n) is 5.33. The maximum atomic E-state index is 11.9. The van der Waals surface area contributed by atoms with Gasteiger partial charge in [-0.25, -0.2) is 19.2 Å². The number of carboxylic acids is 2. The predicted octanol–water partition coefficient (Wildman–Crippen LogP) is 2.49. The fraction of sp³-hybridized carbons (Fsp3) is 0.158. The molecule has 0 radical (unpaired) electrons. The summed E-state index contributed by atoms with van der Waals surface area (Å²) in [5.41, 5.74) is -0.479. The van der Waals surface area contributed by atoms with Gasteiger partial charge in [-0.15, -0.1) is 0 Å². The van der Waals surface area contributed by atoms with Gasteiger partial charge in [-0.2, -0.15) is 0 Å². The van der Waals surface area contributed by atoms with E-state index in [2.05, 4.69) is 0 Å². The van der Waals surface area contributed by atoms with Crippen LogP contribution in [0.1, 0.15) is 47.9 Å². The lowest BCUT2D eigenvalue weighted by molar-refractivity contribution is 0.0386. The van der Waals surface area contributed by atoms with Crippen LogP contribution in [0, 0.1) is 0 Å². The maximum Gasteiger partial charge on any atom is 0.339 e. The molecule has 27 heavy (non-hydrogen) atoms. The van der Waals surface area contributed by atoms with E-state index in [0.29, 0.717) is 0 Å². The molecule has 0 aliphatic heterocycles. The third-order valence-corrected chi connectivity index (χ3v) is 3.51. The Morgan fingerprint density at radius 1 is 0.630 bits per heavy atom. The van der Waals surface area contributed by atoms with E-state index in [-0.39, 0.29) is 41.9 Å². The lowest BCUT2D eigenvalue weighted by Crippen LogP contribution is -2.15. The molecule has 0 aliphatic carbocycles. The first kappa shape index (κ1) is 19.6. The second kappa shape index (κ2) is 9.14. The zero-order valence-corrected chi connectivity index (χ0v) is 14.1. The summed E-state index contributed by atoms with van der Waals surface area (Å²) in [6.45, 7) is -0.193. The van der Waals surface area contributed by atoms with Crippen LogP contribution in [0.2, 0.25) is 0 Å². The Kier molecular flexibility index (Phi) is 6.65. The molecule has 0 atom stereocenters. The minimum atomic E-state index is -1.24. The monoisotopic (exact) mass is 372 g/mol. The number of rotatable bonds is 8. The van der Waals surface area contributed by atoms with E-state index in [0.717, 1.165) is 0 Å². The molecule has 2 N–H and O–H groups in total. The van der Waals surface area contributed by atoms with Crippen LogP contribution in [0.15, 0.2) is 48.5 Å². The summed E-state index contributed by atoms with van der Waals surface area (Å²) < 4.78 is 9.96. The Balaban J connectivity index is 1.83. The van der Waals surface area contributed by atoms with Gasteiger partial charge in [0.2, 0.25) is 0 Å². The molecule has 2 aromatic carbocycles. The first-order valence-electron chi connectivity index (χ1n) is 7.90. The van der Waals surface area contributed by atoms with Gasteiger partial charge >= 0.3 is 23.9 Å². The lowest BCUT2D eigenvalue weighted by Gasteiger charge is -2.09. The van der Waals surface area contributed by atoms with Crippen LogP contribution in [0.4, 0.5) is 0 Å². The fourth-order valence-corrected chi connectivity index (χ4v) is 2.24. The van der Waals surface area contributed by atoms with Crippen molar-refractivity contribution in [3.63, 3.8) is 0 Å². The van der Waals surface area contributed by atoms with Crippen LogP contribution in [0.25, 0.3) is 0 Å². The van der Waals surface area contributed by atoms with E-state index in [1.807, 2.05) is 0 Å². The molecular formula is C19H16O8. The number of esters is 2. The zero-order chi connectivity index (χ0) is 19.8. The van der Waals surface area contributed by atoms with Gasteiger partial charge < -0.3 is 19.7 Å². The Hall–Kier alpha value is -3.68. The van der Waals surface area contributed by atoms with Crippen LogP contribution in [-0.4, -0.2) is 47.3 Å². The maximum absolute atomic E-state index is 11.9. The minimum absolute atomic E-state index is 0.0719. The average molecular weight is 372 g/mol. The predicted molar refractivity (Wildman–Crippen MR) is 92.0 cm³/mol. The molecule has 140 valence electrons. The van der Waals surface area contributed by atoms with Crippen molar-refractivity contribution in [2.24, 2.45) is 0 Å². The van der Waals surface area contributed by atoms with Crippen molar-refractivity contribution in [2.75, 3.05) is 13.2 Å². The Bertz CT molecular complexity index is 800. The van der Waals surface area contributed by atoms with Crippen molar-refractivity contribution in [2.45, 2.75) is 6.42 Å². The zero-order valence-electron chi connectivity index (χ0n) is 14.1. The molecule has 8 heteroatoms. The molecule has 2 rings (SSSR count). The summed E-state index contributed by atoms with van der Waals surface area (Å²) in [6.07, 6.45) is 0.169. The molecule has 0 unspecified atom stereocenters. The van der Waals surface area contributed by atoms with Gasteiger partial charge in [-0.1, -0.05) is 24.3 Å². The normalized spacial score (nSPS) is 10.1. The second-order valence-corrected chi connectivity index (χ2v) is 5.33. The first-order valence-corrected chi connectivity index (χ1v) is 7.90. The van der Waals surface area contributed by atoms with E-state index in [1.54, 1.807) is 0 Å². The van der Waals surface area contributed by atoms with Crippen LogP contribution >= 0.6 is 0 Å². The topological polar surface area (TPSA) is 127 Å². The number of aromatic carboxylic acids is 2. The molecule has 0 saturated carbocycles. The number of carbonyl (C=O) groups excluding carboxylic acids is 2. The quantitative estimate of drug-likeness (QED) is 0.534. The smallest absolute Gasteiger partial charge is 0.339 e. The summed E-state index contributed by atoms with van der Waals surface area (Å²) in [4.78, 5) is 46.1. The molecule has 2 aromatic rings. The molecule has 0 spiro atoms. The average Bonchev–Trinajstić information content (AvgIpc) is 2.67. The van der Waals surface area contributed by atoms with E-state index >= 15 is 0 Å². The molecule has 0 heterocycles. The molecule has 0 aliphatic rings. The van der Waals surface area contributed by atoms with Crippen molar-refractivity contribution in [1.29, 1.82) is 0 Å². The highest BCUT2D eigenvalue weighted by molar-refractivity contribution is 6.03. The van der Waals surface area contributed by atoms with E-state index in [1.165, 1.54) is 48.5 Å². The van der Waals surface area contributed by atoms with Crippen LogP contribution < -0.4 is 0 Å². The highest BCUT2D eigenvalue weighted by Gasteiger charge is 2.18. The fourth-order valence-electron chi connectivity index (χ4n) is 2.24. The number of hydrogen-bond donors (Lipinski definition) is 2. The highest BCUT2D eigenvalue weighted by atomic mass is 16.5. The van der Waals surface area contributed by atoms with Crippen molar-refractivity contribution in [3.05, 3.63) is 70.8 Å². The Morgan fingerprint density at radius 3 is 1.30 bits per heavy atom. The van der Waals surface area contributed by atoms with Gasteiger partial charge in [-0.05, 0) is 24.3 Å². The lowest BCUT2D eigenvalue weighted by atomic mass is 10.1. The van der Waals surface area contributed by atoms with E-state index in [9.17, 15) is 19.2 Å². The van der Waals surface area contributed by atoms with Gasteiger partial charge in [0.05, 0.1) is 35.5 Å². The molecule has 0 saturated heterocycles. The summed E-state index contributed by atoms with van der Waals surface area (Å²) in [5, 5.41) is 18.1. The number of benzene rings is 2. The van der Waals surface area contributed by atoms with Gasteiger partial charge in [0, 0.05) is 6.42 Å². The van der Waals surface area contributed by atoms with Crippen LogP contribution in [-0.2, 0) is 9.47 Å². The van der Waals surface area contributed by atoms with Crippen molar-refractivity contribution in [3.8, 4) is 0 Å². The molecule has 0 amide bonds. The largest absolute Gasteiger partial charge is 0.478 e. The number of carboxylic acid groups (broad SMARTS) is 2. The molecule has 0 aromatic heterocycles. The first-order chi connectivity index (χ1) is 12.9. The van der Waals surface area contributed by atoms with Crippen LogP contribution in [0.5, 0.6) is 0 Å². The summed E-state index contributed by atoms with van der Waals surface area (Å²) in [5.74, 6) is -4.08. The summed E-state index contributed by atoms with van der Waals surface area (Å²) >= 11 is 0. The SMILES string of the molecule is O=C(O)c1ccccc1C(=O)OCCCOC(=O)c1ccccc1C(=O)O. The van der Waals surface area contributed by atoms with E-state index in [4.69, 9.17) is 19.7 Å². The molecule has 0 bridgehead atoms. The van der Waals surface area contributed by atoms with Crippen molar-refractivity contribution < 1.29 is 38.9 Å². The van der Waals surface area contributed by atoms with E-state index < -0.39 is 23.9 Å². The minimum Gasteiger partial charge on any atom is -0.478 e. The van der Waals surface area contributed by atoms with Crippen molar-refractivity contribution in [1.82, 2.24) is 0 Å². The van der Waals surface area contributed by atoms with Gasteiger partial charge in [0.15, 0.2) is 0 Å². The highest BCUT2D eigenvalue weighted by Crippen LogP contribution is 2.12. The van der Waals surface area contributed by atoms with Crippen LogP contribution in [0.3, 0.4) is 0 Å². The number of ether oxygens (including phenoxy) is 2. The van der Waals surface area contributed by atoms with Gasteiger partial charge in [0.25, 0.3) is 0 Å². The Labute approximate surface area is 154 Å². The Morgan fingerprint density at radius 2 is 0.963 bits per heavy atom. The van der Waals surface area contributed by atoms with Gasteiger partial charge in [-0.3, -0.25) is 0 Å². The molecular weight excluding hydrogens is 356 g/mol. The summed E-state index contributed by atoms with van der Waals surface area (Å²) in [6, 6.07) is 11.3. The number of carbonyl (C=O) groups is 4. The van der Waals surface area contributed by atoms with Gasteiger partial charge in [0.1, 0.15) is 0 Å². The summed E-state index contributed by atoms with van der Waals surface area (Å²) in [7, 11) is 0. The van der Waals surface area contributed by atoms with Crippen molar-refractivity contribution >= 4 is 23.9 Å². The molecule has 0 fully saturated rings.